The molecule has 0 radical (unpaired) electrons. The monoisotopic (exact) mass is 469 g/mol. The lowest BCUT2D eigenvalue weighted by atomic mass is 9.99. The summed E-state index contributed by atoms with van der Waals surface area (Å²) < 4.78 is 5.36. The summed E-state index contributed by atoms with van der Waals surface area (Å²) in [7, 11) is 1.63. The lowest BCUT2D eigenvalue weighted by Crippen LogP contribution is -2.62. The fourth-order valence-corrected chi connectivity index (χ4v) is 5.40. The summed E-state index contributed by atoms with van der Waals surface area (Å²) in [5.41, 5.74) is 10.3. The van der Waals surface area contributed by atoms with Gasteiger partial charge >= 0.3 is 5.91 Å². The minimum atomic E-state index is -0.607. The Bertz CT molecular complexity index is 1360. The van der Waals surface area contributed by atoms with Gasteiger partial charge in [-0.3, -0.25) is 4.79 Å². The van der Waals surface area contributed by atoms with Crippen molar-refractivity contribution < 1.29 is 14.3 Å². The number of primary amides is 1. The highest BCUT2D eigenvalue weighted by molar-refractivity contribution is 6.00. The topological polar surface area (TPSA) is 98.1 Å². The quantitative estimate of drug-likeness (QED) is 0.393. The molecule has 1 unspecified atom stereocenters. The van der Waals surface area contributed by atoms with Gasteiger partial charge < -0.3 is 15.5 Å². The first-order chi connectivity index (χ1) is 17.0. The zero-order valence-corrected chi connectivity index (χ0v) is 19.7. The molecule has 0 saturated carbocycles. The summed E-state index contributed by atoms with van der Waals surface area (Å²) >= 11 is 0. The highest BCUT2D eigenvalue weighted by Crippen LogP contribution is 2.42. The number of carbonyl (C=O) groups is 2. The van der Waals surface area contributed by atoms with Crippen molar-refractivity contribution in [2.45, 2.75) is 31.7 Å². The maximum absolute atomic E-state index is 14.1. The molecule has 35 heavy (non-hydrogen) atoms. The number of hydrogen-bond acceptors (Lipinski definition) is 4. The second-order valence-electron chi connectivity index (χ2n) is 9.00. The van der Waals surface area contributed by atoms with Gasteiger partial charge in [0.05, 0.1) is 31.1 Å². The minimum Gasteiger partial charge on any atom is -0.497 e. The number of hydrogen-bond donors (Lipinski definition) is 2. The number of aromatic amines is 1. The van der Waals surface area contributed by atoms with E-state index in [1.165, 1.54) is 0 Å². The van der Waals surface area contributed by atoms with E-state index in [4.69, 9.17) is 10.5 Å². The molecule has 3 aromatic carbocycles. The van der Waals surface area contributed by atoms with Gasteiger partial charge in [-0.15, -0.1) is 0 Å². The number of nitrogens with one attached hydrogen (secondary N) is 1. The summed E-state index contributed by atoms with van der Waals surface area (Å²) in [6, 6.07) is 22.8. The summed E-state index contributed by atoms with van der Waals surface area (Å²) in [4.78, 5) is 34.7. The first kappa shape index (κ1) is 22.8. The lowest BCUT2D eigenvalue weighted by Gasteiger charge is -2.37. The lowest BCUT2D eigenvalue weighted by molar-refractivity contribution is -0.136. The number of imidazole rings is 1. The van der Waals surface area contributed by atoms with Gasteiger partial charge in [0.15, 0.2) is 6.04 Å². The van der Waals surface area contributed by atoms with Crippen LogP contribution in [0.1, 0.15) is 25.1 Å². The van der Waals surface area contributed by atoms with Crippen molar-refractivity contribution in [3.63, 3.8) is 0 Å². The van der Waals surface area contributed by atoms with Crippen LogP contribution in [0.3, 0.4) is 0 Å². The van der Waals surface area contributed by atoms with Gasteiger partial charge in [-0.1, -0.05) is 36.4 Å². The molecule has 0 spiro atoms. The third kappa shape index (κ3) is 4.08. The number of methoxy groups -OCH3 is 1. The van der Waals surface area contributed by atoms with Gasteiger partial charge in [-0.25, -0.2) is 14.3 Å². The molecule has 2 atom stereocenters. The average Bonchev–Trinajstić information content (AvgIpc) is 3.52. The van der Waals surface area contributed by atoms with Gasteiger partial charge in [0.1, 0.15) is 17.3 Å². The zero-order chi connectivity index (χ0) is 24.4. The standard InChI is InChI=1S/C28H28N4O3/c1-35-20-9-6-8-19(18-20)21-10-2-5-13-24(21)32(17-7-14-25(32)28(29)34)27(33)16-15-26-30-22-11-3-4-12-23(22)31-26/h2-6,8-13,18,25H,7,14-17H2,1H3,(H2-,29,30,31,34)/p+1/t25-,32?/m0/s1. The summed E-state index contributed by atoms with van der Waals surface area (Å²) in [5, 5.41) is 0. The molecule has 1 aliphatic heterocycles. The Morgan fingerprint density at radius 1 is 1.09 bits per heavy atom. The largest absolute Gasteiger partial charge is 0.497 e. The summed E-state index contributed by atoms with van der Waals surface area (Å²) in [5.74, 6) is 1.02. The fraction of sp³-hybridized carbons (Fsp3) is 0.250. The Labute approximate surface area is 204 Å². The SMILES string of the molecule is COc1cccc(-c2ccccc2[N+]2(C(=O)CCc3nc4ccccc4[nH]3)CCC[C@H]2C(N)=O)c1. The molecule has 1 aliphatic rings. The number of nitrogens with two attached hydrogens (primary N) is 1. The van der Waals surface area contributed by atoms with Crippen LogP contribution in [-0.2, 0) is 16.0 Å². The van der Waals surface area contributed by atoms with E-state index in [0.717, 1.165) is 45.8 Å². The number of rotatable bonds is 7. The van der Waals surface area contributed by atoms with Crippen LogP contribution in [0.5, 0.6) is 5.75 Å². The highest BCUT2D eigenvalue weighted by atomic mass is 16.5. The van der Waals surface area contributed by atoms with E-state index in [0.29, 0.717) is 19.4 Å². The molecule has 5 rings (SSSR count). The molecule has 1 fully saturated rings. The molecule has 4 aromatic rings. The normalized spacial score (nSPS) is 19.6. The number of ether oxygens (including phenoxy) is 1. The molecule has 2 heterocycles. The maximum Gasteiger partial charge on any atom is 0.319 e. The zero-order valence-electron chi connectivity index (χ0n) is 19.7. The minimum absolute atomic E-state index is 0.0258. The van der Waals surface area contributed by atoms with E-state index in [9.17, 15) is 9.59 Å². The second kappa shape index (κ2) is 9.35. The third-order valence-electron chi connectivity index (χ3n) is 7.02. The predicted octanol–water partition coefficient (Wildman–Crippen LogP) is 4.35. The highest BCUT2D eigenvalue weighted by Gasteiger charge is 2.53. The van der Waals surface area contributed by atoms with Crippen LogP contribution in [0.2, 0.25) is 0 Å². The van der Waals surface area contributed by atoms with E-state index < -0.39 is 11.9 Å². The first-order valence-electron chi connectivity index (χ1n) is 11.9. The van der Waals surface area contributed by atoms with Crippen LogP contribution in [0.4, 0.5) is 5.69 Å². The number of H-pyrrole nitrogens is 1. The van der Waals surface area contributed by atoms with E-state index in [2.05, 4.69) is 9.97 Å². The van der Waals surface area contributed by atoms with Gasteiger partial charge in [-0.2, -0.15) is 0 Å². The molecule has 178 valence electrons. The molecular formula is C28H29N4O3+. The van der Waals surface area contributed by atoms with Crippen molar-refractivity contribution in [3.8, 4) is 16.9 Å². The van der Waals surface area contributed by atoms with E-state index in [1.807, 2.05) is 72.8 Å². The Kier molecular flexibility index (Phi) is 6.09. The van der Waals surface area contributed by atoms with E-state index in [1.54, 1.807) is 7.11 Å². The number of carbonyl (C=O) groups excluding carboxylic acids is 2. The molecule has 1 saturated heterocycles. The fourth-order valence-electron chi connectivity index (χ4n) is 5.40. The Morgan fingerprint density at radius 3 is 2.69 bits per heavy atom. The maximum atomic E-state index is 14.1. The first-order valence-corrected chi connectivity index (χ1v) is 11.9. The number of nitrogens with zero attached hydrogens (tertiary/aromatic N) is 2. The molecule has 2 amide bonds. The molecule has 1 aromatic heterocycles. The van der Waals surface area contributed by atoms with Crippen LogP contribution in [0.25, 0.3) is 22.2 Å². The van der Waals surface area contributed by atoms with E-state index in [-0.39, 0.29) is 16.8 Å². The number of para-hydroxylation sites is 3. The number of quaternary nitrogens is 1. The summed E-state index contributed by atoms with van der Waals surface area (Å²) in [6.45, 7) is 0.535. The van der Waals surface area contributed by atoms with Gasteiger partial charge in [0.25, 0.3) is 5.91 Å². The molecule has 7 heteroatoms. The second-order valence-corrected chi connectivity index (χ2v) is 9.00. The third-order valence-corrected chi connectivity index (χ3v) is 7.02. The molecule has 0 aliphatic carbocycles. The van der Waals surface area contributed by atoms with E-state index >= 15 is 0 Å². The number of amides is 2. The van der Waals surface area contributed by atoms with Crippen molar-refractivity contribution in [1.29, 1.82) is 0 Å². The summed E-state index contributed by atoms with van der Waals surface area (Å²) in [6.07, 6.45) is 2.03. The number of benzene rings is 3. The van der Waals surface area contributed by atoms with Crippen molar-refractivity contribution in [2.75, 3.05) is 13.7 Å². The number of aryl methyl sites for hydroxylation is 1. The molecule has 0 bridgehead atoms. The Morgan fingerprint density at radius 2 is 1.89 bits per heavy atom. The Balaban J connectivity index is 1.55. The smallest absolute Gasteiger partial charge is 0.319 e. The number of likely N-dealkylation sites (tertiary alicyclic amines) is 1. The van der Waals surface area contributed by atoms with Crippen molar-refractivity contribution >= 4 is 28.5 Å². The van der Waals surface area contributed by atoms with Crippen molar-refractivity contribution in [1.82, 2.24) is 14.5 Å². The van der Waals surface area contributed by atoms with Gasteiger partial charge in [0.2, 0.25) is 0 Å². The van der Waals surface area contributed by atoms with Crippen molar-refractivity contribution in [3.05, 3.63) is 78.6 Å². The van der Waals surface area contributed by atoms with Crippen LogP contribution in [0.15, 0.2) is 72.8 Å². The molecular weight excluding hydrogens is 440 g/mol. The molecule has 7 nitrogen and oxygen atoms in total. The van der Waals surface area contributed by atoms with Crippen molar-refractivity contribution in [2.24, 2.45) is 5.73 Å². The van der Waals surface area contributed by atoms with Crippen LogP contribution in [-0.4, -0.2) is 41.5 Å². The van der Waals surface area contributed by atoms with Crippen LogP contribution < -0.4 is 15.0 Å². The number of aromatic nitrogens is 2. The average molecular weight is 470 g/mol. The predicted molar refractivity (Wildman–Crippen MR) is 137 cm³/mol. The Hall–Kier alpha value is -3.97. The van der Waals surface area contributed by atoms with Gasteiger partial charge in [-0.05, 0) is 35.9 Å². The van der Waals surface area contributed by atoms with Gasteiger partial charge in [0, 0.05) is 30.9 Å². The van der Waals surface area contributed by atoms with Crippen LogP contribution >= 0.6 is 0 Å². The molecule has 3 N–H and O–H groups in total. The van der Waals surface area contributed by atoms with Crippen LogP contribution in [0, 0.1) is 0 Å². The number of fused-ring (bicyclic) bond motifs is 1.